The second kappa shape index (κ2) is 9.34. The molecule has 9 nitrogen and oxygen atoms in total. The molecular formula is C23H25F6N7O2. The zero-order valence-electron chi connectivity index (χ0n) is 20.6. The molecule has 206 valence electrons. The van der Waals surface area contributed by atoms with Crippen LogP contribution in [0.25, 0.3) is 0 Å². The summed E-state index contributed by atoms with van der Waals surface area (Å²) < 4.78 is 91.8. The second-order valence-corrected chi connectivity index (χ2v) is 9.90. The lowest BCUT2D eigenvalue weighted by molar-refractivity contribution is -0.143. The maximum absolute atomic E-state index is 13.3. The quantitative estimate of drug-likeness (QED) is 0.394. The van der Waals surface area contributed by atoms with E-state index in [4.69, 9.17) is 9.26 Å². The first-order chi connectivity index (χ1) is 17.8. The minimum Gasteiger partial charge on any atom is -0.424 e. The van der Waals surface area contributed by atoms with Crippen LogP contribution in [0.5, 0.6) is 11.8 Å². The molecule has 0 spiro atoms. The summed E-state index contributed by atoms with van der Waals surface area (Å²) in [4.78, 5) is 10.6. The van der Waals surface area contributed by atoms with E-state index in [0.717, 1.165) is 12.8 Å². The number of aryl methyl sites for hydroxylation is 1. The molecule has 38 heavy (non-hydrogen) atoms. The average molecular weight is 545 g/mol. The topological polar surface area (TPSA) is 94.1 Å². The van der Waals surface area contributed by atoms with Crippen molar-refractivity contribution in [3.8, 4) is 11.8 Å². The number of hydrogen-bond donors (Lipinski definition) is 1. The summed E-state index contributed by atoms with van der Waals surface area (Å²) in [6, 6.07) is 0.992. The largest absolute Gasteiger partial charge is 0.424 e. The number of nitrogens with zero attached hydrogens (tertiary/aromatic N) is 6. The van der Waals surface area contributed by atoms with Gasteiger partial charge in [-0.05, 0) is 63.6 Å². The van der Waals surface area contributed by atoms with Crippen molar-refractivity contribution in [3.05, 3.63) is 35.2 Å². The third-order valence-electron chi connectivity index (χ3n) is 6.78. The molecule has 1 saturated carbocycles. The molecule has 0 unspecified atom stereocenters. The maximum atomic E-state index is 13.3. The van der Waals surface area contributed by atoms with Gasteiger partial charge in [0.25, 0.3) is 0 Å². The molecule has 1 N–H and O–H groups in total. The van der Waals surface area contributed by atoms with Gasteiger partial charge in [-0.1, -0.05) is 5.16 Å². The van der Waals surface area contributed by atoms with Gasteiger partial charge in [0, 0.05) is 19.1 Å². The zero-order valence-corrected chi connectivity index (χ0v) is 20.6. The molecular weight excluding hydrogens is 520 g/mol. The number of ether oxygens (including phenoxy) is 1. The summed E-state index contributed by atoms with van der Waals surface area (Å²) in [5.41, 5.74) is -2.95. The molecule has 1 aliphatic carbocycles. The van der Waals surface area contributed by atoms with E-state index in [9.17, 15) is 26.3 Å². The number of halogens is 6. The van der Waals surface area contributed by atoms with E-state index in [0.29, 0.717) is 37.1 Å². The fourth-order valence-corrected chi connectivity index (χ4v) is 5.04. The van der Waals surface area contributed by atoms with E-state index < -0.39 is 29.2 Å². The Kier molecular flexibility index (Phi) is 6.42. The first-order valence-electron chi connectivity index (χ1n) is 12.0. The number of nitrogens with one attached hydrogen (secondary N) is 1. The minimum atomic E-state index is -4.99. The number of piperidine rings is 1. The first-order valence-corrected chi connectivity index (χ1v) is 12.0. The Bertz CT molecular complexity index is 1260. The Morgan fingerprint density at radius 3 is 2.08 bits per heavy atom. The van der Waals surface area contributed by atoms with Crippen molar-refractivity contribution in [2.75, 3.05) is 23.3 Å². The van der Waals surface area contributed by atoms with E-state index in [1.165, 1.54) is 4.68 Å². The number of hydrogen-bond acceptors (Lipinski definition) is 8. The van der Waals surface area contributed by atoms with Gasteiger partial charge in [-0.2, -0.15) is 36.3 Å². The summed E-state index contributed by atoms with van der Waals surface area (Å²) in [7, 11) is 0. The van der Waals surface area contributed by atoms with Crippen LogP contribution in [0.3, 0.4) is 0 Å². The molecule has 2 fully saturated rings. The fraction of sp³-hybridized carbons (Fsp3) is 0.565. The first kappa shape index (κ1) is 26.1. The lowest BCUT2D eigenvalue weighted by Gasteiger charge is -2.37. The fourth-order valence-electron chi connectivity index (χ4n) is 5.04. The average Bonchev–Trinajstić information content (AvgIpc) is 3.48. The van der Waals surface area contributed by atoms with E-state index in [1.807, 2.05) is 4.90 Å². The molecule has 0 radical (unpaired) electrons. The van der Waals surface area contributed by atoms with Gasteiger partial charge in [-0.15, -0.1) is 5.10 Å². The van der Waals surface area contributed by atoms with E-state index in [1.54, 1.807) is 20.8 Å². The normalized spacial score (nSPS) is 21.8. The molecule has 2 aromatic heterocycles. The van der Waals surface area contributed by atoms with Crippen LogP contribution in [0.2, 0.25) is 0 Å². The molecule has 3 aromatic rings. The van der Waals surface area contributed by atoms with Crippen LogP contribution in [-0.2, 0) is 12.4 Å². The summed E-state index contributed by atoms with van der Waals surface area (Å²) in [6.45, 7) is 6.58. The van der Waals surface area contributed by atoms with E-state index >= 15 is 0 Å². The maximum Gasteiger partial charge on any atom is 0.416 e. The monoisotopic (exact) mass is 545 g/mol. The lowest BCUT2D eigenvalue weighted by atomic mass is 9.92. The van der Waals surface area contributed by atoms with Crippen molar-refractivity contribution in [1.29, 1.82) is 0 Å². The van der Waals surface area contributed by atoms with Crippen molar-refractivity contribution >= 4 is 12.0 Å². The van der Waals surface area contributed by atoms with Crippen LogP contribution in [0, 0.1) is 18.8 Å². The molecule has 0 amide bonds. The van der Waals surface area contributed by atoms with Gasteiger partial charge in [0.2, 0.25) is 5.95 Å². The highest BCUT2D eigenvalue weighted by atomic mass is 19.4. The van der Waals surface area contributed by atoms with E-state index in [-0.39, 0.29) is 41.9 Å². The van der Waals surface area contributed by atoms with E-state index in [2.05, 4.69) is 25.5 Å². The highest BCUT2D eigenvalue weighted by Crippen LogP contribution is 2.41. The molecule has 1 aromatic carbocycles. The number of aromatic nitrogens is 5. The minimum absolute atomic E-state index is 0.0107. The number of benzene rings is 1. The Morgan fingerprint density at radius 1 is 0.974 bits per heavy atom. The van der Waals surface area contributed by atoms with Crippen LogP contribution in [0.4, 0.5) is 38.3 Å². The van der Waals surface area contributed by atoms with Gasteiger partial charge in [-0.3, -0.25) is 0 Å². The van der Waals surface area contributed by atoms with Gasteiger partial charge in [0.05, 0.1) is 17.2 Å². The Hall–Kier alpha value is -3.52. The van der Waals surface area contributed by atoms with Crippen LogP contribution in [-0.4, -0.2) is 44.0 Å². The van der Waals surface area contributed by atoms with Gasteiger partial charge < -0.3 is 19.5 Å². The third kappa shape index (κ3) is 5.23. The van der Waals surface area contributed by atoms with Crippen molar-refractivity contribution in [3.63, 3.8) is 0 Å². The SMILES string of the molecule is Cc1noc(N2C[C@H]3CC[C@@H](C2)[C@H]3Nc2nc(Oc3cc(C(F)(F)F)cc(C(F)(F)F)c3)n(C(C)C)n2)n1. The number of fused-ring (bicyclic) bond motifs is 2. The van der Waals surface area contributed by atoms with Crippen molar-refractivity contribution in [2.24, 2.45) is 11.8 Å². The van der Waals surface area contributed by atoms with Crippen molar-refractivity contribution in [1.82, 2.24) is 24.9 Å². The highest BCUT2D eigenvalue weighted by molar-refractivity contribution is 5.40. The van der Waals surface area contributed by atoms with Gasteiger partial charge >= 0.3 is 24.4 Å². The molecule has 2 bridgehead atoms. The number of anilines is 2. The van der Waals surface area contributed by atoms with Crippen molar-refractivity contribution in [2.45, 2.75) is 58.0 Å². The number of alkyl halides is 6. The molecule has 1 saturated heterocycles. The smallest absolute Gasteiger partial charge is 0.416 e. The van der Waals surface area contributed by atoms with Gasteiger partial charge in [0.1, 0.15) is 5.75 Å². The summed E-state index contributed by atoms with van der Waals surface area (Å²) in [6.07, 6.45) is -8.09. The number of rotatable bonds is 6. The van der Waals surface area contributed by atoms with Crippen LogP contribution >= 0.6 is 0 Å². The Balaban J connectivity index is 1.38. The third-order valence-corrected chi connectivity index (χ3v) is 6.78. The summed E-state index contributed by atoms with van der Waals surface area (Å²) >= 11 is 0. The predicted molar refractivity (Wildman–Crippen MR) is 122 cm³/mol. The van der Waals surface area contributed by atoms with Gasteiger partial charge in [-0.25, -0.2) is 4.68 Å². The van der Waals surface area contributed by atoms with Crippen LogP contribution < -0.4 is 15.0 Å². The van der Waals surface area contributed by atoms with Crippen LogP contribution in [0.15, 0.2) is 22.7 Å². The summed E-state index contributed by atoms with van der Waals surface area (Å²) in [5, 5.41) is 11.6. The molecule has 15 heteroatoms. The molecule has 3 atom stereocenters. The molecule has 5 rings (SSSR count). The predicted octanol–water partition coefficient (Wildman–Crippen LogP) is 5.71. The highest BCUT2D eigenvalue weighted by Gasteiger charge is 2.44. The van der Waals surface area contributed by atoms with Gasteiger partial charge in [0.15, 0.2) is 5.82 Å². The van der Waals surface area contributed by atoms with Crippen molar-refractivity contribution < 1.29 is 35.6 Å². The molecule has 2 aliphatic rings. The standard InChI is InChI=1S/C23H25F6N7O2/c1-11(2)36-21(37-17-7-15(22(24,25)26)6-16(8-17)23(27,28)29)32-19(33-36)31-18-13-4-5-14(18)10-35(9-13)20-30-12(3)34-38-20/h6-8,11,13-14,18H,4-5,9-10H2,1-3H3,(H,31,33)/t13-,14+,18+. The van der Waals surface area contributed by atoms with Crippen LogP contribution in [0.1, 0.15) is 49.7 Å². The molecule has 3 heterocycles. The Morgan fingerprint density at radius 2 is 1.58 bits per heavy atom. The summed E-state index contributed by atoms with van der Waals surface area (Å²) in [5.74, 6) is 0.520. The second-order valence-electron chi connectivity index (χ2n) is 9.90. The molecule has 1 aliphatic heterocycles. The Labute approximate surface area is 213 Å². The lowest BCUT2D eigenvalue weighted by Crippen LogP contribution is -2.48. The zero-order chi connectivity index (χ0) is 27.4.